The van der Waals surface area contributed by atoms with Crippen LogP contribution in [0.3, 0.4) is 0 Å². The molecule has 0 heterocycles. The van der Waals surface area contributed by atoms with E-state index < -0.39 is 11.7 Å². The van der Waals surface area contributed by atoms with Crippen molar-refractivity contribution in [1.29, 1.82) is 0 Å². The van der Waals surface area contributed by atoms with Gasteiger partial charge in [0, 0.05) is 31.9 Å². The summed E-state index contributed by atoms with van der Waals surface area (Å²) in [6, 6.07) is 0. The molecule has 0 aliphatic heterocycles. The maximum Gasteiger partial charge on any atom is 0.248 e. The number of nitrogens with one attached hydrogen (secondary N) is 2. The lowest BCUT2D eigenvalue weighted by Gasteiger charge is -2.14. The molecule has 1 aliphatic rings. The summed E-state index contributed by atoms with van der Waals surface area (Å²) in [5, 5.41) is 5.36. The van der Waals surface area contributed by atoms with Crippen molar-refractivity contribution in [3.8, 4) is 0 Å². The molecule has 6 heteroatoms. The third kappa shape index (κ3) is 10.2. The van der Waals surface area contributed by atoms with Gasteiger partial charge in [0.15, 0.2) is 0 Å². The molecule has 0 spiro atoms. The van der Waals surface area contributed by atoms with E-state index in [1.54, 1.807) is 7.11 Å². The van der Waals surface area contributed by atoms with Gasteiger partial charge in [0.2, 0.25) is 17.5 Å². The van der Waals surface area contributed by atoms with E-state index in [2.05, 4.69) is 43.6 Å². The Kier molecular flexibility index (Phi) is 11.4. The van der Waals surface area contributed by atoms with E-state index in [1.807, 2.05) is 6.92 Å². The second kappa shape index (κ2) is 13.5. The Hall–Kier alpha value is -2.73. The molecule has 0 atom stereocenters. The summed E-state index contributed by atoms with van der Waals surface area (Å²) in [6.07, 6.45) is 11.9. The average molecular weight is 415 g/mol. The van der Waals surface area contributed by atoms with Crippen LogP contribution >= 0.6 is 0 Å². The summed E-state index contributed by atoms with van der Waals surface area (Å²) < 4.78 is 4.90. The first-order valence-corrected chi connectivity index (χ1v) is 10.2. The third-order valence-corrected chi connectivity index (χ3v) is 4.46. The van der Waals surface area contributed by atoms with Crippen LogP contribution in [0.1, 0.15) is 53.4 Å². The summed E-state index contributed by atoms with van der Waals surface area (Å²) >= 11 is 0. The smallest absolute Gasteiger partial charge is 0.248 e. The van der Waals surface area contributed by atoms with Crippen molar-refractivity contribution in [3.05, 3.63) is 58.5 Å². The van der Waals surface area contributed by atoms with Gasteiger partial charge in [-0.1, -0.05) is 28.9 Å². The monoisotopic (exact) mass is 414 g/mol. The Balaban J connectivity index is 2.51. The van der Waals surface area contributed by atoms with Crippen molar-refractivity contribution < 1.29 is 19.1 Å². The largest absolute Gasteiger partial charge is 0.383 e. The van der Waals surface area contributed by atoms with Gasteiger partial charge in [0.25, 0.3) is 0 Å². The number of amides is 1. The molecule has 0 aromatic heterocycles. The van der Waals surface area contributed by atoms with E-state index in [0.717, 1.165) is 37.3 Å². The molecule has 1 rings (SSSR count). The van der Waals surface area contributed by atoms with Crippen molar-refractivity contribution >= 4 is 17.5 Å². The maximum absolute atomic E-state index is 12.2. The van der Waals surface area contributed by atoms with Crippen LogP contribution in [0.4, 0.5) is 0 Å². The van der Waals surface area contributed by atoms with E-state index in [9.17, 15) is 14.4 Å². The number of carbonyl (C=O) groups is 3. The zero-order chi connectivity index (χ0) is 22.5. The minimum atomic E-state index is -0.413. The van der Waals surface area contributed by atoms with Crippen molar-refractivity contribution in [1.82, 2.24) is 10.6 Å². The fraction of sp³-hybridized carbons (Fsp3) is 0.458. The molecule has 2 N–H and O–H groups in total. The molecule has 1 aliphatic carbocycles. The van der Waals surface area contributed by atoms with Crippen molar-refractivity contribution in [3.63, 3.8) is 0 Å². The zero-order valence-corrected chi connectivity index (χ0v) is 18.8. The first-order chi connectivity index (χ1) is 14.2. The standard InChI is InChI=1S/C24H34N2O4/c1-17(2)8-6-9-18(3)10-7-11-19(4)14-24(29)26-21-16-22(27)20(15-23(21)28)25-12-13-30-5/h8,10,14-16,25H,6-7,9,11-13H2,1-5H3,(H,26,29). The van der Waals surface area contributed by atoms with E-state index in [4.69, 9.17) is 4.74 Å². The molecule has 164 valence electrons. The first-order valence-electron chi connectivity index (χ1n) is 10.2. The van der Waals surface area contributed by atoms with Gasteiger partial charge in [-0.05, 0) is 53.4 Å². The predicted molar refractivity (Wildman–Crippen MR) is 120 cm³/mol. The lowest BCUT2D eigenvalue weighted by Crippen LogP contribution is -2.32. The molecule has 6 nitrogen and oxygen atoms in total. The number of allylic oxidation sites excluding steroid dienone is 7. The van der Waals surface area contributed by atoms with E-state index >= 15 is 0 Å². The predicted octanol–water partition coefficient (Wildman–Crippen LogP) is 3.68. The fourth-order valence-electron chi connectivity index (χ4n) is 2.79. The van der Waals surface area contributed by atoms with E-state index in [1.165, 1.54) is 23.3 Å². The van der Waals surface area contributed by atoms with E-state index in [0.29, 0.717) is 13.2 Å². The second-order valence-electron chi connectivity index (χ2n) is 7.65. The normalized spacial score (nSPS) is 14.8. The first kappa shape index (κ1) is 25.3. The van der Waals surface area contributed by atoms with Crippen LogP contribution in [0.5, 0.6) is 0 Å². The molecule has 0 radical (unpaired) electrons. The van der Waals surface area contributed by atoms with Crippen LogP contribution in [0, 0.1) is 0 Å². The van der Waals surface area contributed by atoms with Crippen LogP contribution in [0.15, 0.2) is 58.5 Å². The summed E-state index contributed by atoms with van der Waals surface area (Å²) in [6.45, 7) is 9.03. The second-order valence-corrected chi connectivity index (χ2v) is 7.65. The van der Waals surface area contributed by atoms with Crippen molar-refractivity contribution in [2.75, 3.05) is 20.3 Å². The quantitative estimate of drug-likeness (QED) is 0.220. The number of methoxy groups -OCH3 is 1. The van der Waals surface area contributed by atoms with Gasteiger partial charge < -0.3 is 15.4 Å². The Morgan fingerprint density at radius 2 is 1.53 bits per heavy atom. The summed E-state index contributed by atoms with van der Waals surface area (Å²) in [5.41, 5.74) is 3.77. The molecule has 0 aromatic rings. The highest BCUT2D eigenvalue weighted by Gasteiger charge is 2.21. The maximum atomic E-state index is 12.2. The van der Waals surface area contributed by atoms with Gasteiger partial charge in [-0.3, -0.25) is 14.4 Å². The highest BCUT2D eigenvalue weighted by molar-refractivity contribution is 6.20. The number of hydrogen-bond donors (Lipinski definition) is 2. The van der Waals surface area contributed by atoms with Gasteiger partial charge in [-0.25, -0.2) is 0 Å². The molecule has 0 unspecified atom stereocenters. The van der Waals surface area contributed by atoms with Crippen molar-refractivity contribution in [2.24, 2.45) is 0 Å². The fourth-order valence-corrected chi connectivity index (χ4v) is 2.79. The van der Waals surface area contributed by atoms with Crippen LogP contribution < -0.4 is 10.6 Å². The summed E-state index contributed by atoms with van der Waals surface area (Å²) in [5.74, 6) is -1.17. The number of ketones is 2. The topological polar surface area (TPSA) is 84.5 Å². The Morgan fingerprint density at radius 3 is 2.20 bits per heavy atom. The Labute approximate surface area is 179 Å². The minimum Gasteiger partial charge on any atom is -0.383 e. The van der Waals surface area contributed by atoms with Gasteiger partial charge in [-0.2, -0.15) is 0 Å². The lowest BCUT2D eigenvalue weighted by molar-refractivity contribution is -0.119. The SMILES string of the molecule is COCCNC1=CC(=O)C(NC(=O)C=C(C)CCC=C(C)CCC=C(C)C)=CC1=O. The van der Waals surface area contributed by atoms with Crippen molar-refractivity contribution in [2.45, 2.75) is 53.4 Å². The van der Waals surface area contributed by atoms with Gasteiger partial charge in [0.05, 0.1) is 18.0 Å². The summed E-state index contributed by atoms with van der Waals surface area (Å²) in [7, 11) is 1.55. The number of ether oxygens (including phenoxy) is 1. The molecule has 0 fully saturated rings. The molecule has 30 heavy (non-hydrogen) atoms. The molecular weight excluding hydrogens is 380 g/mol. The van der Waals surface area contributed by atoms with E-state index in [-0.39, 0.29) is 17.2 Å². The minimum absolute atomic E-state index is 0.0126. The molecule has 0 saturated carbocycles. The van der Waals surface area contributed by atoms with Gasteiger partial charge in [-0.15, -0.1) is 0 Å². The van der Waals surface area contributed by atoms with Crippen LogP contribution in [-0.2, 0) is 19.1 Å². The molecule has 0 bridgehead atoms. The van der Waals surface area contributed by atoms with Gasteiger partial charge in [0.1, 0.15) is 0 Å². The zero-order valence-electron chi connectivity index (χ0n) is 18.8. The Morgan fingerprint density at radius 1 is 0.933 bits per heavy atom. The lowest BCUT2D eigenvalue weighted by atomic mass is 10.1. The van der Waals surface area contributed by atoms with Crippen LogP contribution in [0.2, 0.25) is 0 Å². The average Bonchev–Trinajstić information content (AvgIpc) is 2.65. The van der Waals surface area contributed by atoms with Gasteiger partial charge >= 0.3 is 0 Å². The highest BCUT2D eigenvalue weighted by atomic mass is 16.5. The van der Waals surface area contributed by atoms with Crippen LogP contribution in [0.25, 0.3) is 0 Å². The number of carbonyl (C=O) groups excluding carboxylic acids is 3. The Bertz CT molecular complexity index is 794. The number of hydrogen-bond acceptors (Lipinski definition) is 5. The highest BCUT2D eigenvalue weighted by Crippen LogP contribution is 2.12. The molecule has 0 saturated heterocycles. The van der Waals surface area contributed by atoms with Crippen LogP contribution in [-0.4, -0.2) is 37.7 Å². The molecule has 1 amide bonds. The molecule has 0 aromatic carbocycles. The molecular formula is C24H34N2O4. The summed E-state index contributed by atoms with van der Waals surface area (Å²) in [4.78, 5) is 36.5. The number of rotatable bonds is 12. The third-order valence-electron chi connectivity index (χ3n) is 4.46.